The zero-order chi connectivity index (χ0) is 22.9. The van der Waals surface area contributed by atoms with Crippen LogP contribution >= 0.6 is 23.1 Å². The highest BCUT2D eigenvalue weighted by atomic mass is 32.2. The number of furan rings is 1. The number of hydrogen-bond donors (Lipinski definition) is 0. The Balaban J connectivity index is 1.53. The molecule has 3 heterocycles. The standard InChI is InChI=1S/C25H25N3O3S2/c1-16-8-3-5-11-19(16)28-24(30)22-18-10-4-6-12-20(18)33-23(22)26-25(28)32-15-21(29)27(2)14-17-9-7-13-31-17/h3,5,7-9,11,13H,4,6,10,12,14-15H2,1-2H3. The molecule has 0 unspecified atom stereocenters. The van der Waals surface area contributed by atoms with Gasteiger partial charge in [0, 0.05) is 11.9 Å². The molecule has 4 aromatic rings. The Hall–Kier alpha value is -2.84. The van der Waals surface area contributed by atoms with Crippen LogP contribution in [0.5, 0.6) is 0 Å². The number of carbonyl (C=O) groups is 1. The van der Waals surface area contributed by atoms with E-state index in [1.165, 1.54) is 22.2 Å². The smallest absolute Gasteiger partial charge is 0.267 e. The van der Waals surface area contributed by atoms with E-state index in [2.05, 4.69) is 0 Å². The maximum atomic E-state index is 13.8. The van der Waals surface area contributed by atoms with Gasteiger partial charge in [-0.1, -0.05) is 30.0 Å². The Morgan fingerprint density at radius 2 is 2.03 bits per heavy atom. The number of thioether (sulfide) groups is 1. The van der Waals surface area contributed by atoms with Crippen LogP contribution in [-0.4, -0.2) is 33.2 Å². The van der Waals surface area contributed by atoms with E-state index in [0.717, 1.165) is 52.9 Å². The van der Waals surface area contributed by atoms with Crippen LogP contribution in [0.4, 0.5) is 0 Å². The minimum absolute atomic E-state index is 0.0346. The van der Waals surface area contributed by atoms with Crippen molar-refractivity contribution in [1.82, 2.24) is 14.5 Å². The molecule has 0 bridgehead atoms. The van der Waals surface area contributed by atoms with Crippen molar-refractivity contribution in [3.05, 3.63) is 74.8 Å². The maximum Gasteiger partial charge on any atom is 0.267 e. The van der Waals surface area contributed by atoms with E-state index in [1.807, 2.05) is 43.3 Å². The highest BCUT2D eigenvalue weighted by Crippen LogP contribution is 2.35. The molecule has 0 atom stereocenters. The first kappa shape index (κ1) is 22.0. The van der Waals surface area contributed by atoms with Gasteiger partial charge >= 0.3 is 0 Å². The summed E-state index contributed by atoms with van der Waals surface area (Å²) in [6.45, 7) is 2.40. The van der Waals surface area contributed by atoms with Crippen LogP contribution in [0.3, 0.4) is 0 Å². The average Bonchev–Trinajstić information content (AvgIpc) is 3.45. The Morgan fingerprint density at radius 3 is 2.82 bits per heavy atom. The molecule has 3 aromatic heterocycles. The molecule has 0 aliphatic heterocycles. The lowest BCUT2D eigenvalue weighted by atomic mass is 9.97. The van der Waals surface area contributed by atoms with E-state index >= 15 is 0 Å². The molecule has 33 heavy (non-hydrogen) atoms. The van der Waals surface area contributed by atoms with Crippen molar-refractivity contribution in [3.63, 3.8) is 0 Å². The van der Waals surface area contributed by atoms with Gasteiger partial charge in [-0.15, -0.1) is 11.3 Å². The number of nitrogens with zero attached hydrogens (tertiary/aromatic N) is 3. The Morgan fingerprint density at radius 1 is 1.21 bits per heavy atom. The number of fused-ring (bicyclic) bond motifs is 3. The van der Waals surface area contributed by atoms with Crippen LogP contribution in [0, 0.1) is 6.92 Å². The fraction of sp³-hybridized carbons (Fsp3) is 0.320. The molecule has 1 aromatic carbocycles. The van der Waals surface area contributed by atoms with Crippen molar-refractivity contribution >= 4 is 39.2 Å². The lowest BCUT2D eigenvalue weighted by molar-refractivity contribution is -0.127. The SMILES string of the molecule is Cc1ccccc1-n1c(SCC(=O)N(C)Cc2ccco2)nc2sc3c(c2c1=O)CCCC3. The minimum Gasteiger partial charge on any atom is -0.467 e. The van der Waals surface area contributed by atoms with Crippen LogP contribution in [0.2, 0.25) is 0 Å². The van der Waals surface area contributed by atoms with E-state index in [-0.39, 0.29) is 17.2 Å². The van der Waals surface area contributed by atoms with Gasteiger partial charge in [0.25, 0.3) is 5.56 Å². The van der Waals surface area contributed by atoms with Crippen LogP contribution in [0.1, 0.15) is 34.6 Å². The van der Waals surface area contributed by atoms with Crippen molar-refractivity contribution in [2.45, 2.75) is 44.3 Å². The third-order valence-electron chi connectivity index (χ3n) is 6.04. The van der Waals surface area contributed by atoms with Gasteiger partial charge in [-0.2, -0.15) is 0 Å². The van der Waals surface area contributed by atoms with Gasteiger partial charge in [0.2, 0.25) is 5.91 Å². The lowest BCUT2D eigenvalue weighted by Crippen LogP contribution is -2.28. The first-order chi connectivity index (χ1) is 16.0. The van der Waals surface area contributed by atoms with Crippen molar-refractivity contribution in [2.75, 3.05) is 12.8 Å². The van der Waals surface area contributed by atoms with Crippen molar-refractivity contribution in [1.29, 1.82) is 0 Å². The van der Waals surface area contributed by atoms with E-state index in [1.54, 1.807) is 34.1 Å². The molecule has 0 N–H and O–H groups in total. The summed E-state index contributed by atoms with van der Waals surface area (Å²) in [6, 6.07) is 11.5. The largest absolute Gasteiger partial charge is 0.467 e. The number of thiophene rings is 1. The van der Waals surface area contributed by atoms with Gasteiger partial charge in [0.1, 0.15) is 10.6 Å². The van der Waals surface area contributed by atoms with Gasteiger partial charge in [-0.3, -0.25) is 14.2 Å². The monoisotopic (exact) mass is 479 g/mol. The average molecular weight is 480 g/mol. The maximum absolute atomic E-state index is 13.8. The molecule has 0 fully saturated rings. The zero-order valence-corrected chi connectivity index (χ0v) is 20.3. The Labute approximate surface area is 200 Å². The van der Waals surface area contributed by atoms with Gasteiger partial charge in [0.05, 0.1) is 29.6 Å². The summed E-state index contributed by atoms with van der Waals surface area (Å²) in [4.78, 5) is 35.3. The quantitative estimate of drug-likeness (QED) is 0.288. The summed E-state index contributed by atoms with van der Waals surface area (Å²) in [6.07, 6.45) is 5.81. The van der Waals surface area contributed by atoms with Crippen LogP contribution in [-0.2, 0) is 24.2 Å². The first-order valence-electron chi connectivity index (χ1n) is 11.1. The van der Waals surface area contributed by atoms with Gasteiger partial charge in [-0.25, -0.2) is 4.98 Å². The summed E-state index contributed by atoms with van der Waals surface area (Å²) in [5.41, 5.74) is 2.94. The molecule has 8 heteroatoms. The van der Waals surface area contributed by atoms with Crippen LogP contribution < -0.4 is 5.56 Å². The first-order valence-corrected chi connectivity index (χ1v) is 12.9. The molecular weight excluding hydrogens is 454 g/mol. The van der Waals surface area contributed by atoms with Crippen LogP contribution in [0.25, 0.3) is 15.9 Å². The second-order valence-corrected chi connectivity index (χ2v) is 10.4. The molecule has 1 aliphatic rings. The summed E-state index contributed by atoms with van der Waals surface area (Å²) in [5.74, 6) is 0.871. The molecule has 6 nitrogen and oxygen atoms in total. The van der Waals surface area contributed by atoms with E-state index in [0.29, 0.717) is 11.7 Å². The fourth-order valence-electron chi connectivity index (χ4n) is 4.27. The summed E-state index contributed by atoms with van der Waals surface area (Å²) >= 11 is 2.95. The Bertz CT molecular complexity index is 1370. The molecule has 0 saturated heterocycles. The van der Waals surface area contributed by atoms with Crippen LogP contribution in [0.15, 0.2) is 57.0 Å². The zero-order valence-electron chi connectivity index (χ0n) is 18.7. The predicted octanol–water partition coefficient (Wildman–Crippen LogP) is 4.98. The summed E-state index contributed by atoms with van der Waals surface area (Å²) < 4.78 is 7.05. The predicted molar refractivity (Wildman–Crippen MR) is 133 cm³/mol. The van der Waals surface area contributed by atoms with Gasteiger partial charge < -0.3 is 9.32 Å². The number of aromatic nitrogens is 2. The van der Waals surface area contributed by atoms with Crippen molar-refractivity contribution in [2.24, 2.45) is 0 Å². The van der Waals surface area contributed by atoms with Crippen molar-refractivity contribution in [3.8, 4) is 5.69 Å². The number of benzene rings is 1. The van der Waals surface area contributed by atoms with E-state index < -0.39 is 0 Å². The Kier molecular flexibility index (Phi) is 6.12. The number of amides is 1. The third-order valence-corrected chi connectivity index (χ3v) is 8.15. The van der Waals surface area contributed by atoms with Gasteiger partial charge in [-0.05, 0) is 61.9 Å². The number of para-hydroxylation sites is 1. The molecule has 5 rings (SSSR count). The number of carbonyl (C=O) groups excluding carboxylic acids is 1. The highest BCUT2D eigenvalue weighted by molar-refractivity contribution is 7.99. The molecule has 0 radical (unpaired) electrons. The minimum atomic E-state index is -0.0486. The van der Waals surface area contributed by atoms with E-state index in [9.17, 15) is 9.59 Å². The normalized spacial score (nSPS) is 13.3. The lowest BCUT2D eigenvalue weighted by Gasteiger charge is -2.17. The molecule has 0 spiro atoms. The molecule has 1 aliphatic carbocycles. The second-order valence-electron chi connectivity index (χ2n) is 8.33. The molecule has 0 saturated carbocycles. The fourth-order valence-corrected chi connectivity index (χ4v) is 6.52. The van der Waals surface area contributed by atoms with Gasteiger partial charge in [0.15, 0.2) is 5.16 Å². The molecule has 1 amide bonds. The number of aryl methyl sites for hydroxylation is 3. The third kappa shape index (κ3) is 4.25. The second kappa shape index (κ2) is 9.19. The molecular formula is C25H25N3O3S2. The highest BCUT2D eigenvalue weighted by Gasteiger charge is 2.24. The van der Waals surface area contributed by atoms with Crippen molar-refractivity contribution < 1.29 is 9.21 Å². The van der Waals surface area contributed by atoms with E-state index in [4.69, 9.17) is 9.40 Å². The molecule has 170 valence electrons. The number of hydrogen-bond acceptors (Lipinski definition) is 6. The summed E-state index contributed by atoms with van der Waals surface area (Å²) in [7, 11) is 1.75. The summed E-state index contributed by atoms with van der Waals surface area (Å²) in [5, 5.41) is 1.31. The topological polar surface area (TPSA) is 68.3 Å². The number of rotatable bonds is 6.